The minimum atomic E-state index is -0.0115. The number of rotatable bonds is 11. The maximum absolute atomic E-state index is 12.0. The third kappa shape index (κ3) is 6.74. The van der Waals surface area contributed by atoms with Gasteiger partial charge in [0.15, 0.2) is 5.16 Å². The van der Waals surface area contributed by atoms with Crippen molar-refractivity contribution in [3.8, 4) is 0 Å². The first kappa shape index (κ1) is 21.6. The molecule has 0 fully saturated rings. The minimum Gasteiger partial charge on any atom is -0.467 e. The fraction of sp³-hybridized carbons (Fsp3) is 0.286. The summed E-state index contributed by atoms with van der Waals surface area (Å²) in [6.45, 7) is 4.91. The van der Waals surface area contributed by atoms with Gasteiger partial charge < -0.3 is 14.3 Å². The second-order valence-corrected chi connectivity index (χ2v) is 8.69. The Bertz CT molecular complexity index is 923. The van der Waals surface area contributed by atoms with Crippen molar-refractivity contribution < 1.29 is 9.21 Å². The molecular formula is C21H23IN4O2S. The molecule has 0 aliphatic rings. The topological polar surface area (TPSA) is 73.0 Å². The Kier molecular flexibility index (Phi) is 8.36. The van der Waals surface area contributed by atoms with Gasteiger partial charge in [0.1, 0.15) is 11.6 Å². The van der Waals surface area contributed by atoms with E-state index in [9.17, 15) is 4.79 Å². The summed E-state index contributed by atoms with van der Waals surface area (Å²) >= 11 is 3.85. The summed E-state index contributed by atoms with van der Waals surface area (Å²) in [6.07, 6.45) is 5.57. The van der Waals surface area contributed by atoms with E-state index in [4.69, 9.17) is 4.42 Å². The first-order valence-corrected chi connectivity index (χ1v) is 11.4. The van der Waals surface area contributed by atoms with Crippen LogP contribution in [0.4, 0.5) is 0 Å². The second-order valence-electron chi connectivity index (χ2n) is 6.38. The normalized spacial score (nSPS) is 10.8. The number of benzene rings is 1. The smallest absolute Gasteiger partial charge is 0.221 e. The van der Waals surface area contributed by atoms with Crippen molar-refractivity contribution in [1.82, 2.24) is 20.1 Å². The molecule has 8 heteroatoms. The molecular weight excluding hydrogens is 499 g/mol. The molecule has 2 aromatic heterocycles. The van der Waals surface area contributed by atoms with Crippen LogP contribution in [0.5, 0.6) is 0 Å². The molecule has 0 unspecified atom stereocenters. The van der Waals surface area contributed by atoms with Crippen LogP contribution in [0.1, 0.15) is 23.6 Å². The lowest BCUT2D eigenvalue weighted by molar-refractivity contribution is -0.120. The molecule has 6 nitrogen and oxygen atoms in total. The van der Waals surface area contributed by atoms with E-state index in [0.717, 1.165) is 29.6 Å². The highest BCUT2D eigenvalue weighted by Gasteiger charge is 2.13. The van der Waals surface area contributed by atoms with Gasteiger partial charge in [-0.25, -0.2) is 0 Å². The number of carbonyl (C=O) groups is 1. The number of allylic oxidation sites excluding steroid dienone is 1. The third-order valence-corrected chi connectivity index (χ3v) is 5.94. The molecule has 1 amide bonds. The summed E-state index contributed by atoms with van der Waals surface area (Å²) in [5.74, 6) is 2.31. The van der Waals surface area contributed by atoms with Crippen LogP contribution in [0, 0.1) is 3.57 Å². The number of hydrogen-bond donors (Lipinski definition) is 1. The van der Waals surface area contributed by atoms with Crippen molar-refractivity contribution in [1.29, 1.82) is 0 Å². The molecule has 0 aliphatic carbocycles. The number of aromatic nitrogens is 3. The van der Waals surface area contributed by atoms with E-state index in [1.807, 2.05) is 12.1 Å². The average molecular weight is 522 g/mol. The van der Waals surface area contributed by atoms with Crippen molar-refractivity contribution in [2.24, 2.45) is 0 Å². The standard InChI is InChI=1S/C21H23IN4O2S/c1-2-12-26-19(10-7-16-5-8-17(22)9-6-16)24-25-21(26)29-14-11-20(27)23-15-18-4-3-13-28-18/h2-6,8-9,13H,1,7,10-12,14-15H2,(H,23,27). The van der Waals surface area contributed by atoms with E-state index in [-0.39, 0.29) is 5.91 Å². The van der Waals surface area contributed by atoms with E-state index < -0.39 is 0 Å². The summed E-state index contributed by atoms with van der Waals surface area (Å²) in [5, 5.41) is 12.4. The molecule has 0 aliphatic heterocycles. The lowest BCUT2D eigenvalue weighted by Crippen LogP contribution is -2.22. The van der Waals surface area contributed by atoms with Gasteiger partial charge in [-0.2, -0.15) is 0 Å². The second kappa shape index (κ2) is 11.2. The van der Waals surface area contributed by atoms with Gasteiger partial charge in [-0.15, -0.1) is 16.8 Å². The number of amides is 1. The first-order chi connectivity index (χ1) is 14.2. The van der Waals surface area contributed by atoms with Crippen molar-refractivity contribution >= 4 is 40.3 Å². The van der Waals surface area contributed by atoms with Gasteiger partial charge in [-0.1, -0.05) is 30.0 Å². The monoisotopic (exact) mass is 522 g/mol. The number of nitrogens with zero attached hydrogens (tertiary/aromatic N) is 3. The van der Waals surface area contributed by atoms with E-state index in [2.05, 4.69) is 73.5 Å². The van der Waals surface area contributed by atoms with Gasteiger partial charge in [0, 0.05) is 28.7 Å². The maximum Gasteiger partial charge on any atom is 0.221 e. The van der Waals surface area contributed by atoms with Crippen molar-refractivity contribution in [3.63, 3.8) is 0 Å². The molecule has 0 saturated heterocycles. The van der Waals surface area contributed by atoms with Crippen molar-refractivity contribution in [2.45, 2.75) is 37.5 Å². The number of halogens is 1. The number of aryl methyl sites for hydroxylation is 2. The summed E-state index contributed by atoms with van der Waals surface area (Å²) < 4.78 is 8.52. The summed E-state index contributed by atoms with van der Waals surface area (Å²) in [6, 6.07) is 12.2. The molecule has 0 radical (unpaired) electrons. The van der Waals surface area contributed by atoms with Crippen LogP contribution in [0.2, 0.25) is 0 Å². The van der Waals surface area contributed by atoms with Gasteiger partial charge >= 0.3 is 0 Å². The van der Waals surface area contributed by atoms with Crippen LogP contribution >= 0.6 is 34.4 Å². The Morgan fingerprint density at radius 2 is 2.07 bits per heavy atom. The van der Waals surface area contributed by atoms with Crippen LogP contribution in [-0.2, 0) is 30.7 Å². The molecule has 29 heavy (non-hydrogen) atoms. The Morgan fingerprint density at radius 1 is 1.24 bits per heavy atom. The summed E-state index contributed by atoms with van der Waals surface area (Å²) in [5.41, 5.74) is 1.28. The summed E-state index contributed by atoms with van der Waals surface area (Å²) in [4.78, 5) is 12.0. The average Bonchev–Trinajstić information content (AvgIpc) is 3.37. The van der Waals surface area contributed by atoms with Crippen molar-refractivity contribution in [2.75, 3.05) is 5.75 Å². The molecule has 3 aromatic rings. The van der Waals surface area contributed by atoms with Gasteiger partial charge in [0.2, 0.25) is 5.91 Å². The quantitative estimate of drug-likeness (QED) is 0.232. The van der Waals surface area contributed by atoms with Crippen molar-refractivity contribution in [3.05, 3.63) is 76.0 Å². The highest BCUT2D eigenvalue weighted by Crippen LogP contribution is 2.19. The zero-order valence-electron chi connectivity index (χ0n) is 16.0. The fourth-order valence-electron chi connectivity index (χ4n) is 2.75. The van der Waals surface area contributed by atoms with Gasteiger partial charge in [0.05, 0.1) is 12.8 Å². The molecule has 3 rings (SSSR count). The van der Waals surface area contributed by atoms with Crippen LogP contribution in [-0.4, -0.2) is 26.4 Å². The van der Waals surface area contributed by atoms with Crippen LogP contribution in [0.3, 0.4) is 0 Å². The highest BCUT2D eigenvalue weighted by atomic mass is 127. The molecule has 0 saturated carbocycles. The molecule has 1 aromatic carbocycles. The molecule has 0 spiro atoms. The Balaban J connectivity index is 1.50. The largest absolute Gasteiger partial charge is 0.467 e. The van der Waals surface area contributed by atoms with E-state index >= 15 is 0 Å². The maximum atomic E-state index is 12.0. The SMILES string of the molecule is C=CCn1c(CCc2ccc(I)cc2)nnc1SCCC(=O)NCc1ccco1. The predicted molar refractivity (Wildman–Crippen MR) is 123 cm³/mol. The number of carbonyl (C=O) groups excluding carboxylic acids is 1. The van der Waals surface area contributed by atoms with Crippen LogP contribution < -0.4 is 5.32 Å². The van der Waals surface area contributed by atoms with E-state index in [1.54, 1.807) is 12.3 Å². The fourth-order valence-corrected chi connectivity index (χ4v) is 4.02. The molecule has 2 heterocycles. The Labute approximate surface area is 188 Å². The van der Waals surface area contributed by atoms with E-state index in [1.165, 1.54) is 20.9 Å². The Morgan fingerprint density at radius 3 is 2.79 bits per heavy atom. The third-order valence-electron chi connectivity index (χ3n) is 4.26. The molecule has 1 N–H and O–H groups in total. The van der Waals surface area contributed by atoms with Gasteiger partial charge in [-0.05, 0) is 58.8 Å². The van der Waals surface area contributed by atoms with Crippen LogP contribution in [0.15, 0.2) is 64.9 Å². The lowest BCUT2D eigenvalue weighted by atomic mass is 10.1. The first-order valence-electron chi connectivity index (χ1n) is 9.35. The zero-order valence-corrected chi connectivity index (χ0v) is 19.0. The number of furan rings is 1. The summed E-state index contributed by atoms with van der Waals surface area (Å²) in [7, 11) is 0. The van der Waals surface area contributed by atoms with Gasteiger partial charge in [0.25, 0.3) is 0 Å². The minimum absolute atomic E-state index is 0.0115. The molecule has 152 valence electrons. The molecule has 0 bridgehead atoms. The number of hydrogen-bond acceptors (Lipinski definition) is 5. The highest BCUT2D eigenvalue weighted by molar-refractivity contribution is 14.1. The lowest BCUT2D eigenvalue weighted by Gasteiger charge is -2.08. The van der Waals surface area contributed by atoms with Gasteiger partial charge in [-0.3, -0.25) is 4.79 Å². The molecule has 0 atom stereocenters. The number of thioether (sulfide) groups is 1. The number of nitrogens with one attached hydrogen (secondary N) is 1. The van der Waals surface area contributed by atoms with E-state index in [0.29, 0.717) is 25.3 Å². The Hall–Kier alpha value is -2.07. The van der Waals surface area contributed by atoms with Crippen LogP contribution in [0.25, 0.3) is 0 Å². The zero-order chi connectivity index (χ0) is 20.5. The predicted octanol–water partition coefficient (Wildman–Crippen LogP) is 4.25.